The number of nitrogens with one attached hydrogen (secondary N) is 3. The van der Waals surface area contributed by atoms with Crippen LogP contribution in [0, 0.1) is 0 Å². The lowest BCUT2D eigenvalue weighted by atomic mass is 10.1. The molecule has 2 heterocycles. The van der Waals surface area contributed by atoms with E-state index in [9.17, 15) is 4.79 Å². The summed E-state index contributed by atoms with van der Waals surface area (Å²) in [7, 11) is 0. The van der Waals surface area contributed by atoms with Crippen molar-refractivity contribution in [3.05, 3.63) is 72.1 Å². The number of hydrogen-bond donors (Lipinski definition) is 3. The number of benzene rings is 2. The summed E-state index contributed by atoms with van der Waals surface area (Å²) >= 11 is 0. The first kappa shape index (κ1) is 14.3. The molecule has 0 radical (unpaired) electrons. The van der Waals surface area contributed by atoms with Crippen molar-refractivity contribution in [3.63, 3.8) is 0 Å². The number of aromatic amines is 2. The smallest absolute Gasteiger partial charge is 0.244 e. The Bertz CT molecular complexity index is 1040. The van der Waals surface area contributed by atoms with Gasteiger partial charge in [-0.15, -0.1) is 0 Å². The number of H-pyrrole nitrogens is 2. The van der Waals surface area contributed by atoms with Gasteiger partial charge < -0.3 is 9.97 Å². The lowest BCUT2D eigenvalue weighted by Gasteiger charge is -1.99. The molecular weight excluding hydrogens is 300 g/mol. The van der Waals surface area contributed by atoms with Crippen molar-refractivity contribution in [2.24, 2.45) is 5.10 Å². The van der Waals surface area contributed by atoms with Gasteiger partial charge in [-0.3, -0.25) is 4.79 Å². The summed E-state index contributed by atoms with van der Waals surface area (Å²) in [4.78, 5) is 18.4. The van der Waals surface area contributed by atoms with Gasteiger partial charge in [0.05, 0.1) is 12.6 Å². The van der Waals surface area contributed by atoms with E-state index in [1.807, 2.05) is 60.9 Å². The van der Waals surface area contributed by atoms with E-state index < -0.39 is 0 Å². The average Bonchev–Trinajstić information content (AvgIpc) is 3.20. The summed E-state index contributed by atoms with van der Waals surface area (Å²) in [5.41, 5.74) is 6.57. The molecule has 1 amide bonds. The minimum atomic E-state index is -0.143. The predicted octanol–water partition coefficient (Wildman–Crippen LogP) is 3.34. The van der Waals surface area contributed by atoms with Gasteiger partial charge in [0.2, 0.25) is 5.91 Å². The monoisotopic (exact) mass is 316 g/mol. The van der Waals surface area contributed by atoms with Crippen molar-refractivity contribution >= 4 is 33.9 Å². The summed E-state index contributed by atoms with van der Waals surface area (Å²) in [6.45, 7) is 0. The highest BCUT2D eigenvalue weighted by molar-refractivity contribution is 5.99. The molecule has 0 bridgehead atoms. The second-order valence-corrected chi connectivity index (χ2v) is 5.62. The number of fused-ring (bicyclic) bond motifs is 2. The lowest BCUT2D eigenvalue weighted by Crippen LogP contribution is -2.19. The number of aromatic nitrogens is 2. The molecule has 2 aromatic heterocycles. The maximum atomic E-state index is 12.1. The van der Waals surface area contributed by atoms with Crippen LogP contribution < -0.4 is 5.43 Å². The Balaban J connectivity index is 1.45. The van der Waals surface area contributed by atoms with Crippen LogP contribution in [0.5, 0.6) is 0 Å². The van der Waals surface area contributed by atoms with Crippen LogP contribution in [0.15, 0.2) is 66.0 Å². The van der Waals surface area contributed by atoms with Crippen molar-refractivity contribution in [2.75, 3.05) is 0 Å². The van der Waals surface area contributed by atoms with E-state index in [1.54, 1.807) is 6.21 Å². The number of carbonyl (C=O) groups is 1. The summed E-state index contributed by atoms with van der Waals surface area (Å²) in [5, 5.41) is 6.21. The van der Waals surface area contributed by atoms with Gasteiger partial charge in [-0.05, 0) is 17.7 Å². The molecule has 5 heteroatoms. The van der Waals surface area contributed by atoms with E-state index >= 15 is 0 Å². The van der Waals surface area contributed by atoms with E-state index in [0.29, 0.717) is 0 Å². The molecule has 24 heavy (non-hydrogen) atoms. The van der Waals surface area contributed by atoms with Crippen LogP contribution >= 0.6 is 0 Å². The summed E-state index contributed by atoms with van der Waals surface area (Å²) in [6.07, 6.45) is 5.69. The molecule has 0 saturated carbocycles. The maximum absolute atomic E-state index is 12.1. The van der Waals surface area contributed by atoms with Gasteiger partial charge in [0.1, 0.15) is 0 Å². The van der Waals surface area contributed by atoms with Crippen molar-refractivity contribution < 1.29 is 4.79 Å². The minimum Gasteiger partial charge on any atom is -0.361 e. The fraction of sp³-hybridized carbons (Fsp3) is 0.0526. The number of carbonyl (C=O) groups excluding carboxylic acids is 1. The summed E-state index contributed by atoms with van der Waals surface area (Å²) in [6, 6.07) is 15.9. The average molecular weight is 316 g/mol. The number of hydrazone groups is 1. The van der Waals surface area contributed by atoms with E-state index in [1.165, 1.54) is 0 Å². The molecule has 0 aliphatic carbocycles. The number of amides is 1. The van der Waals surface area contributed by atoms with Gasteiger partial charge in [0.25, 0.3) is 0 Å². The molecule has 118 valence electrons. The Morgan fingerprint density at radius 3 is 2.46 bits per heavy atom. The second kappa shape index (κ2) is 6.04. The zero-order valence-electron chi connectivity index (χ0n) is 12.9. The van der Waals surface area contributed by atoms with Crippen LogP contribution in [0.2, 0.25) is 0 Å². The number of rotatable bonds is 4. The Morgan fingerprint density at radius 1 is 0.958 bits per heavy atom. The maximum Gasteiger partial charge on any atom is 0.244 e. The Kier molecular flexibility index (Phi) is 3.59. The second-order valence-electron chi connectivity index (χ2n) is 5.62. The number of hydrogen-bond acceptors (Lipinski definition) is 2. The fourth-order valence-corrected chi connectivity index (χ4v) is 2.86. The fourth-order valence-electron chi connectivity index (χ4n) is 2.86. The standard InChI is InChI=1S/C19H16N4O/c24-19(9-13-10-20-17-7-3-1-5-15(13)17)23-22-12-14-11-21-18-8-4-2-6-16(14)18/h1-8,10-12,20-21H,9H2,(H,23,24)/b22-12+. The van der Waals surface area contributed by atoms with Gasteiger partial charge in [0, 0.05) is 39.8 Å². The van der Waals surface area contributed by atoms with Crippen LogP contribution in [0.4, 0.5) is 0 Å². The molecule has 4 rings (SSSR count). The third-order valence-corrected chi connectivity index (χ3v) is 4.04. The van der Waals surface area contributed by atoms with E-state index in [-0.39, 0.29) is 12.3 Å². The van der Waals surface area contributed by atoms with E-state index in [2.05, 4.69) is 20.5 Å². The largest absolute Gasteiger partial charge is 0.361 e. The van der Waals surface area contributed by atoms with E-state index in [0.717, 1.165) is 32.9 Å². The third kappa shape index (κ3) is 2.67. The van der Waals surface area contributed by atoms with Gasteiger partial charge in [0.15, 0.2) is 0 Å². The van der Waals surface area contributed by atoms with Crippen LogP contribution in [-0.4, -0.2) is 22.1 Å². The van der Waals surface area contributed by atoms with Crippen molar-refractivity contribution in [1.29, 1.82) is 0 Å². The molecule has 0 aliphatic heterocycles. The highest BCUT2D eigenvalue weighted by Crippen LogP contribution is 2.18. The molecule has 2 aromatic carbocycles. The van der Waals surface area contributed by atoms with Crippen molar-refractivity contribution in [3.8, 4) is 0 Å². The van der Waals surface area contributed by atoms with E-state index in [4.69, 9.17) is 0 Å². The molecule has 3 N–H and O–H groups in total. The van der Waals surface area contributed by atoms with Gasteiger partial charge in [-0.1, -0.05) is 36.4 Å². The zero-order chi connectivity index (χ0) is 16.4. The Hall–Kier alpha value is -3.34. The van der Waals surface area contributed by atoms with Crippen LogP contribution in [0.25, 0.3) is 21.8 Å². The lowest BCUT2D eigenvalue weighted by molar-refractivity contribution is -0.120. The molecular formula is C19H16N4O. The molecule has 0 unspecified atom stereocenters. The molecule has 0 fully saturated rings. The predicted molar refractivity (Wildman–Crippen MR) is 96.0 cm³/mol. The minimum absolute atomic E-state index is 0.143. The third-order valence-electron chi connectivity index (χ3n) is 4.04. The molecule has 5 nitrogen and oxygen atoms in total. The van der Waals surface area contributed by atoms with Gasteiger partial charge in [-0.25, -0.2) is 5.43 Å². The van der Waals surface area contributed by atoms with Gasteiger partial charge in [-0.2, -0.15) is 5.10 Å². The number of para-hydroxylation sites is 2. The van der Waals surface area contributed by atoms with Crippen molar-refractivity contribution in [1.82, 2.24) is 15.4 Å². The van der Waals surface area contributed by atoms with Gasteiger partial charge >= 0.3 is 0 Å². The van der Waals surface area contributed by atoms with Crippen LogP contribution in [-0.2, 0) is 11.2 Å². The van der Waals surface area contributed by atoms with Crippen LogP contribution in [0.1, 0.15) is 11.1 Å². The first-order chi connectivity index (χ1) is 11.8. The molecule has 4 aromatic rings. The summed E-state index contributed by atoms with van der Waals surface area (Å²) < 4.78 is 0. The zero-order valence-corrected chi connectivity index (χ0v) is 12.9. The molecule has 0 aliphatic rings. The normalized spacial score (nSPS) is 11.5. The summed E-state index contributed by atoms with van der Waals surface area (Å²) in [5.74, 6) is -0.143. The molecule has 0 spiro atoms. The first-order valence-corrected chi connectivity index (χ1v) is 7.74. The first-order valence-electron chi connectivity index (χ1n) is 7.74. The number of nitrogens with zero attached hydrogens (tertiary/aromatic N) is 1. The molecule has 0 saturated heterocycles. The van der Waals surface area contributed by atoms with Crippen LogP contribution in [0.3, 0.4) is 0 Å². The topological polar surface area (TPSA) is 73.0 Å². The molecule has 0 atom stereocenters. The Morgan fingerprint density at radius 2 is 1.62 bits per heavy atom. The highest BCUT2D eigenvalue weighted by atomic mass is 16.2. The Labute approximate surface area is 138 Å². The quantitative estimate of drug-likeness (QED) is 0.392. The SMILES string of the molecule is O=C(Cc1c[nH]c2ccccc12)N/N=C/c1c[nH]c2ccccc12. The van der Waals surface area contributed by atoms with Crippen molar-refractivity contribution in [2.45, 2.75) is 6.42 Å². The highest BCUT2D eigenvalue weighted by Gasteiger charge is 2.07.